The lowest BCUT2D eigenvalue weighted by molar-refractivity contribution is -0.149. The largest absolute Gasteiger partial charge is 0.496 e. The first-order chi connectivity index (χ1) is 21.4. The number of carbonyl (C=O) groups excluding carboxylic acids is 3. The summed E-state index contributed by atoms with van der Waals surface area (Å²) in [5.74, 6) is -5.00. The summed E-state index contributed by atoms with van der Waals surface area (Å²) < 4.78 is 84.7. The Morgan fingerprint density at radius 3 is 2.29 bits per heavy atom. The minimum absolute atomic E-state index is 0.00982. The average molecular weight is 639 g/mol. The molecule has 0 radical (unpaired) electrons. The topological polar surface area (TPSA) is 103 Å². The zero-order chi connectivity index (χ0) is 32.5. The monoisotopic (exact) mass is 638 g/mol. The van der Waals surface area contributed by atoms with Crippen LogP contribution in [0.2, 0.25) is 0 Å². The van der Waals surface area contributed by atoms with Crippen molar-refractivity contribution in [2.75, 3.05) is 19.0 Å². The Morgan fingerprint density at radius 1 is 0.911 bits per heavy atom. The molecule has 2 bridgehead atoms. The number of hydrogen-bond donors (Lipinski definition) is 2. The van der Waals surface area contributed by atoms with E-state index in [0.717, 1.165) is 18.6 Å². The fourth-order valence-electron chi connectivity index (χ4n) is 6.98. The molecule has 3 saturated carbocycles. The fraction of sp³-hybridized carbons (Fsp3) is 0.531. The number of amides is 2. The molecule has 45 heavy (non-hydrogen) atoms. The third-order valence-electron chi connectivity index (χ3n) is 9.14. The Kier molecular flexibility index (Phi) is 9.54. The molecule has 13 heteroatoms. The number of ether oxygens (including phenoxy) is 3. The standard InChI is InChI=1S/C32H35F5N2O6/c1-3-44-31(42)16-6-9-20(10-7-16)45-26-14-21(25(43-2)15-24(26)34)29(40)39-28-18-5-4-17(12-18)27(28)30(41)38-19-8-11-23(33)22(13-19)32(35,36)37/h8,11,13-18,20,27-28H,3-7,9-10,12H2,1-2H3,(H,38,41)(H,39,40)/t16-,17-,18+,20+,27+,28-/m1/s1. The van der Waals surface area contributed by atoms with E-state index in [4.69, 9.17) is 14.2 Å². The normalized spacial score (nSPS) is 25.8. The van der Waals surface area contributed by atoms with Crippen molar-refractivity contribution < 1.29 is 50.5 Å². The van der Waals surface area contributed by atoms with Gasteiger partial charge in [-0.1, -0.05) is 0 Å². The van der Waals surface area contributed by atoms with E-state index in [-0.39, 0.29) is 52.6 Å². The number of rotatable bonds is 9. The summed E-state index contributed by atoms with van der Waals surface area (Å²) in [5, 5.41) is 5.37. The van der Waals surface area contributed by atoms with E-state index < -0.39 is 47.1 Å². The van der Waals surface area contributed by atoms with Crippen LogP contribution in [0.3, 0.4) is 0 Å². The Morgan fingerprint density at radius 2 is 1.62 bits per heavy atom. The van der Waals surface area contributed by atoms with E-state index in [9.17, 15) is 31.9 Å². The van der Waals surface area contributed by atoms with Crippen LogP contribution in [0.25, 0.3) is 0 Å². The molecule has 0 aromatic heterocycles. The van der Waals surface area contributed by atoms with E-state index in [0.29, 0.717) is 57.3 Å². The molecule has 2 N–H and O–H groups in total. The van der Waals surface area contributed by atoms with Gasteiger partial charge in [0.25, 0.3) is 5.91 Å². The van der Waals surface area contributed by atoms with Gasteiger partial charge in [0.05, 0.1) is 42.8 Å². The molecule has 0 unspecified atom stereocenters. The first-order valence-electron chi connectivity index (χ1n) is 15.1. The number of esters is 1. The second-order valence-electron chi connectivity index (χ2n) is 11.9. The van der Waals surface area contributed by atoms with E-state index in [1.54, 1.807) is 6.92 Å². The molecule has 0 spiro atoms. The maximum absolute atomic E-state index is 15.0. The van der Waals surface area contributed by atoms with Crippen molar-refractivity contribution in [2.24, 2.45) is 23.7 Å². The van der Waals surface area contributed by atoms with Crippen molar-refractivity contribution in [1.82, 2.24) is 5.32 Å². The van der Waals surface area contributed by atoms with Crippen LogP contribution in [0.1, 0.15) is 67.8 Å². The van der Waals surface area contributed by atoms with E-state index in [1.165, 1.54) is 13.2 Å². The summed E-state index contributed by atoms with van der Waals surface area (Å²) in [5.41, 5.74) is -1.71. The first kappa shape index (κ1) is 32.5. The minimum Gasteiger partial charge on any atom is -0.496 e. The third-order valence-corrected chi connectivity index (χ3v) is 9.14. The highest BCUT2D eigenvalue weighted by Crippen LogP contribution is 2.49. The molecule has 8 nitrogen and oxygen atoms in total. The molecular formula is C32H35F5N2O6. The van der Waals surface area contributed by atoms with Crippen LogP contribution in [0, 0.1) is 35.3 Å². The maximum Gasteiger partial charge on any atom is 0.419 e. The molecule has 2 aromatic rings. The molecule has 5 rings (SSSR count). The van der Waals surface area contributed by atoms with Crippen LogP contribution in [-0.2, 0) is 20.5 Å². The average Bonchev–Trinajstić information content (AvgIpc) is 3.61. The van der Waals surface area contributed by atoms with Gasteiger partial charge in [0.1, 0.15) is 11.6 Å². The van der Waals surface area contributed by atoms with Crippen molar-refractivity contribution in [3.05, 3.63) is 53.1 Å². The Balaban J connectivity index is 1.30. The van der Waals surface area contributed by atoms with Gasteiger partial charge < -0.3 is 24.8 Å². The summed E-state index contributed by atoms with van der Waals surface area (Å²) in [4.78, 5) is 39.0. The number of benzene rings is 2. The maximum atomic E-state index is 15.0. The highest BCUT2D eigenvalue weighted by Gasteiger charge is 2.51. The van der Waals surface area contributed by atoms with Gasteiger partial charge in [0, 0.05) is 17.8 Å². The number of alkyl halides is 3. The summed E-state index contributed by atoms with van der Waals surface area (Å²) in [7, 11) is 1.29. The van der Waals surface area contributed by atoms with Crippen molar-refractivity contribution in [1.29, 1.82) is 0 Å². The number of carbonyl (C=O) groups is 3. The molecule has 244 valence electrons. The van der Waals surface area contributed by atoms with Crippen LogP contribution in [-0.4, -0.2) is 43.6 Å². The molecule has 3 aliphatic rings. The molecule has 0 aliphatic heterocycles. The van der Waals surface area contributed by atoms with Gasteiger partial charge in [-0.05, 0) is 88.0 Å². The zero-order valence-corrected chi connectivity index (χ0v) is 24.8. The van der Waals surface area contributed by atoms with Crippen molar-refractivity contribution >= 4 is 23.5 Å². The minimum atomic E-state index is -4.94. The molecular weight excluding hydrogens is 603 g/mol. The quantitative estimate of drug-likeness (QED) is 0.248. The fourth-order valence-corrected chi connectivity index (χ4v) is 6.98. The second kappa shape index (κ2) is 13.2. The van der Waals surface area contributed by atoms with Gasteiger partial charge in [-0.15, -0.1) is 0 Å². The molecule has 3 aliphatic carbocycles. The molecule has 0 saturated heterocycles. The summed E-state index contributed by atoms with van der Waals surface area (Å²) in [6.07, 6.45) is -1.17. The number of hydrogen-bond acceptors (Lipinski definition) is 6. The zero-order valence-electron chi connectivity index (χ0n) is 24.8. The number of fused-ring (bicyclic) bond motifs is 2. The predicted octanol–water partition coefficient (Wildman–Crippen LogP) is 6.28. The Labute approximate surface area is 257 Å². The van der Waals surface area contributed by atoms with Crippen molar-refractivity contribution in [2.45, 2.75) is 70.2 Å². The van der Waals surface area contributed by atoms with Gasteiger partial charge in [0.15, 0.2) is 11.6 Å². The van der Waals surface area contributed by atoms with Gasteiger partial charge in [-0.3, -0.25) is 14.4 Å². The van der Waals surface area contributed by atoms with Crippen LogP contribution >= 0.6 is 0 Å². The molecule has 2 aromatic carbocycles. The van der Waals surface area contributed by atoms with Gasteiger partial charge in [-0.25, -0.2) is 8.78 Å². The Bertz CT molecular complexity index is 1440. The Hall–Kier alpha value is -3.90. The predicted molar refractivity (Wildman–Crippen MR) is 152 cm³/mol. The first-order valence-corrected chi connectivity index (χ1v) is 15.1. The lowest BCUT2D eigenvalue weighted by Crippen LogP contribution is -2.48. The van der Waals surface area contributed by atoms with Crippen molar-refractivity contribution in [3.8, 4) is 11.5 Å². The highest BCUT2D eigenvalue weighted by atomic mass is 19.4. The SMILES string of the molecule is CCOC(=O)[C@H]1CC[C@@H](Oc2cc(C(=O)N[C@@H]3[C@H]4CC[C@H](C4)[C@@H]3C(=O)Nc3ccc(F)c(C(F)(F)F)c3)c(OC)cc2F)CC1. The van der Waals surface area contributed by atoms with Crippen LogP contribution in [0.15, 0.2) is 30.3 Å². The van der Waals surface area contributed by atoms with Crippen LogP contribution in [0.4, 0.5) is 27.6 Å². The second-order valence-corrected chi connectivity index (χ2v) is 11.9. The van der Waals surface area contributed by atoms with Crippen LogP contribution < -0.4 is 20.1 Å². The third kappa shape index (κ3) is 7.01. The summed E-state index contributed by atoms with van der Waals surface area (Å²) in [6, 6.07) is 3.90. The smallest absolute Gasteiger partial charge is 0.419 e. The van der Waals surface area contributed by atoms with Gasteiger partial charge >= 0.3 is 12.1 Å². The van der Waals surface area contributed by atoms with Gasteiger partial charge in [0.2, 0.25) is 5.91 Å². The van der Waals surface area contributed by atoms with E-state index in [1.807, 2.05) is 0 Å². The number of methoxy groups -OCH3 is 1. The van der Waals surface area contributed by atoms with E-state index in [2.05, 4.69) is 10.6 Å². The number of anilines is 1. The summed E-state index contributed by atoms with van der Waals surface area (Å²) >= 11 is 0. The molecule has 4 atom stereocenters. The molecule has 3 fully saturated rings. The number of halogens is 5. The van der Waals surface area contributed by atoms with Crippen molar-refractivity contribution in [3.63, 3.8) is 0 Å². The van der Waals surface area contributed by atoms with Crippen LogP contribution in [0.5, 0.6) is 11.5 Å². The number of nitrogens with one attached hydrogen (secondary N) is 2. The highest BCUT2D eigenvalue weighted by molar-refractivity contribution is 5.99. The summed E-state index contributed by atoms with van der Waals surface area (Å²) in [6.45, 7) is 2.03. The van der Waals surface area contributed by atoms with E-state index >= 15 is 4.39 Å². The molecule has 2 amide bonds. The molecule has 0 heterocycles. The van der Waals surface area contributed by atoms with Gasteiger partial charge in [-0.2, -0.15) is 13.2 Å². The lowest BCUT2D eigenvalue weighted by Gasteiger charge is -2.31. The lowest BCUT2D eigenvalue weighted by atomic mass is 9.83.